The summed E-state index contributed by atoms with van der Waals surface area (Å²) in [5, 5.41) is 10.8. The van der Waals surface area contributed by atoms with Crippen molar-refractivity contribution in [3.8, 4) is 0 Å². The molecule has 0 radical (unpaired) electrons. The maximum atomic E-state index is 13.2. The minimum atomic E-state index is -0.213. The minimum Gasteiger partial charge on any atom is -0.366 e. The minimum absolute atomic E-state index is 0.213. The molecule has 6 rings (SSSR count). The summed E-state index contributed by atoms with van der Waals surface area (Å²) in [5.74, 6) is 1.48. The van der Waals surface area contributed by atoms with E-state index in [1.807, 2.05) is 30.1 Å². The van der Waals surface area contributed by atoms with E-state index in [9.17, 15) is 4.79 Å². The highest BCUT2D eigenvalue weighted by Crippen LogP contribution is 2.33. The largest absolute Gasteiger partial charge is 0.366 e. The zero-order valence-electron chi connectivity index (χ0n) is 22.3. The molecule has 4 aromatic heterocycles. The molecule has 4 aromatic rings. The van der Waals surface area contributed by atoms with E-state index in [1.54, 1.807) is 12.4 Å². The van der Waals surface area contributed by atoms with Gasteiger partial charge in [0.1, 0.15) is 11.6 Å². The van der Waals surface area contributed by atoms with E-state index < -0.39 is 0 Å². The number of amides is 1. The van der Waals surface area contributed by atoms with E-state index >= 15 is 0 Å². The van der Waals surface area contributed by atoms with E-state index in [0.717, 1.165) is 65.4 Å². The number of carbonyl (C=O) groups is 1. The first kappa shape index (κ1) is 24.3. The molecule has 0 aromatic carbocycles. The van der Waals surface area contributed by atoms with Crippen molar-refractivity contribution in [3.05, 3.63) is 65.5 Å². The normalized spacial score (nSPS) is 16.4. The first-order valence-corrected chi connectivity index (χ1v) is 13.2. The molecule has 0 bridgehead atoms. The number of aryl methyl sites for hydroxylation is 1. The zero-order valence-corrected chi connectivity index (χ0v) is 22.3. The van der Waals surface area contributed by atoms with E-state index in [4.69, 9.17) is 0 Å². The van der Waals surface area contributed by atoms with Crippen molar-refractivity contribution < 1.29 is 4.79 Å². The number of imidazole rings is 1. The van der Waals surface area contributed by atoms with Gasteiger partial charge in [0.15, 0.2) is 5.65 Å². The van der Waals surface area contributed by atoms with Gasteiger partial charge in [-0.25, -0.2) is 15.0 Å². The van der Waals surface area contributed by atoms with Crippen LogP contribution in [-0.4, -0.2) is 66.8 Å². The number of hydrogen-bond donors (Lipinski definition) is 2. The van der Waals surface area contributed by atoms with E-state index in [0.29, 0.717) is 23.8 Å². The average molecular weight is 512 g/mol. The summed E-state index contributed by atoms with van der Waals surface area (Å²) in [7, 11) is 2.14. The lowest BCUT2D eigenvalue weighted by atomic mass is 9.95. The Kier molecular flexibility index (Phi) is 6.19. The van der Waals surface area contributed by atoms with Gasteiger partial charge in [-0.1, -0.05) is 6.08 Å². The Morgan fingerprint density at radius 1 is 1.13 bits per heavy atom. The molecule has 1 amide bonds. The Balaban J connectivity index is 1.26. The van der Waals surface area contributed by atoms with Crippen molar-refractivity contribution in [3.63, 3.8) is 0 Å². The van der Waals surface area contributed by atoms with Crippen LogP contribution in [0.1, 0.15) is 66.1 Å². The third-order valence-electron chi connectivity index (χ3n) is 7.49. The molecule has 2 aliphatic heterocycles. The van der Waals surface area contributed by atoms with Crippen LogP contribution in [0, 0.1) is 6.92 Å². The van der Waals surface area contributed by atoms with Crippen molar-refractivity contribution in [1.29, 1.82) is 0 Å². The van der Waals surface area contributed by atoms with Gasteiger partial charge in [0, 0.05) is 42.3 Å². The fraction of sp³-hybridized carbons (Fsp3) is 0.393. The summed E-state index contributed by atoms with van der Waals surface area (Å²) < 4.78 is 4.17. The number of carbonyl (C=O) groups excluding carboxylic acids is 1. The first-order valence-electron chi connectivity index (χ1n) is 13.2. The van der Waals surface area contributed by atoms with Gasteiger partial charge in [0.25, 0.3) is 5.91 Å². The number of hydrogen-bond acceptors (Lipinski definition) is 7. The van der Waals surface area contributed by atoms with E-state index in [2.05, 4.69) is 73.2 Å². The summed E-state index contributed by atoms with van der Waals surface area (Å²) in [6.07, 6.45) is 11.3. The maximum absolute atomic E-state index is 13.2. The molecular formula is C28H33N9O. The summed E-state index contributed by atoms with van der Waals surface area (Å²) in [4.78, 5) is 29.4. The van der Waals surface area contributed by atoms with Crippen molar-refractivity contribution in [2.24, 2.45) is 0 Å². The van der Waals surface area contributed by atoms with Crippen molar-refractivity contribution in [2.45, 2.75) is 45.7 Å². The summed E-state index contributed by atoms with van der Waals surface area (Å²) >= 11 is 0. The van der Waals surface area contributed by atoms with Gasteiger partial charge in [-0.15, -0.1) is 0 Å². The van der Waals surface area contributed by atoms with E-state index in [-0.39, 0.29) is 11.9 Å². The molecule has 10 heteroatoms. The molecule has 2 aliphatic rings. The van der Waals surface area contributed by atoms with Crippen LogP contribution in [0.3, 0.4) is 0 Å². The number of aromatic nitrogens is 6. The quantitative estimate of drug-likeness (QED) is 0.412. The molecule has 0 atom stereocenters. The number of nitrogens with one attached hydrogen (secondary N) is 2. The Morgan fingerprint density at radius 2 is 1.95 bits per heavy atom. The fourth-order valence-corrected chi connectivity index (χ4v) is 5.52. The maximum Gasteiger partial charge on any atom is 0.257 e. The number of fused-ring (bicyclic) bond motifs is 2. The predicted molar refractivity (Wildman–Crippen MR) is 148 cm³/mol. The Bertz CT molecular complexity index is 1540. The number of rotatable bonds is 5. The van der Waals surface area contributed by atoms with Gasteiger partial charge < -0.3 is 20.1 Å². The highest BCUT2D eigenvalue weighted by Gasteiger charge is 2.22. The van der Waals surface area contributed by atoms with Gasteiger partial charge in [-0.2, -0.15) is 5.10 Å². The number of anilines is 2. The molecule has 10 nitrogen and oxygen atoms in total. The SMILES string of the molecule is Cc1nc2ncc(C3=CCNc4ncc(C(=O)Nc5cnn(C6CCN(C)CC6)c5)cc43)cc2n1C(C)C. The van der Waals surface area contributed by atoms with Gasteiger partial charge in [0.05, 0.1) is 29.0 Å². The summed E-state index contributed by atoms with van der Waals surface area (Å²) in [6, 6.07) is 4.66. The second-order valence-electron chi connectivity index (χ2n) is 10.5. The first-order chi connectivity index (χ1) is 18.4. The highest BCUT2D eigenvalue weighted by molar-refractivity contribution is 6.05. The Hall–Kier alpha value is -4.05. The fourth-order valence-electron chi connectivity index (χ4n) is 5.52. The van der Waals surface area contributed by atoms with Crippen LogP contribution >= 0.6 is 0 Å². The van der Waals surface area contributed by atoms with Gasteiger partial charge in [-0.05, 0) is 71.5 Å². The molecule has 2 N–H and O–H groups in total. The number of nitrogens with zero attached hydrogens (tertiary/aromatic N) is 7. The Labute approximate surface area is 221 Å². The molecule has 6 heterocycles. The van der Waals surface area contributed by atoms with Gasteiger partial charge in [-0.3, -0.25) is 9.48 Å². The standard InChI is InChI=1S/C28H33N9O/c1-17(2)37-18(3)33-27-25(37)12-19(13-31-27)23-5-8-29-26-24(23)11-20(14-30-26)28(38)34-21-15-32-36(16-21)22-6-9-35(4)10-7-22/h5,11-17,22H,6-10H2,1-4H3,(H,29,30)(H,34,38). The van der Waals surface area contributed by atoms with E-state index in [1.165, 1.54) is 0 Å². The lowest BCUT2D eigenvalue weighted by molar-refractivity contribution is 0.102. The zero-order chi connectivity index (χ0) is 26.4. The van der Waals surface area contributed by atoms with Crippen molar-refractivity contribution in [2.75, 3.05) is 37.3 Å². The smallest absolute Gasteiger partial charge is 0.257 e. The van der Waals surface area contributed by atoms with Crippen molar-refractivity contribution >= 4 is 34.1 Å². The van der Waals surface area contributed by atoms with Crippen LogP contribution in [-0.2, 0) is 0 Å². The van der Waals surface area contributed by atoms with Crippen LogP contribution in [0.4, 0.5) is 11.5 Å². The average Bonchev–Trinajstić information content (AvgIpc) is 3.51. The second-order valence-corrected chi connectivity index (χ2v) is 10.5. The molecule has 0 unspecified atom stereocenters. The monoisotopic (exact) mass is 511 g/mol. The van der Waals surface area contributed by atoms with Gasteiger partial charge in [0.2, 0.25) is 0 Å². The molecule has 0 aliphatic carbocycles. The number of piperidine rings is 1. The lowest BCUT2D eigenvalue weighted by Gasteiger charge is -2.28. The molecule has 196 valence electrons. The lowest BCUT2D eigenvalue weighted by Crippen LogP contribution is -2.31. The molecule has 1 fully saturated rings. The van der Waals surface area contributed by atoms with Crippen LogP contribution in [0.15, 0.2) is 43.0 Å². The van der Waals surface area contributed by atoms with Crippen LogP contribution in [0.5, 0.6) is 0 Å². The molecule has 1 saturated heterocycles. The third kappa shape index (κ3) is 4.45. The molecule has 0 spiro atoms. The van der Waals surface area contributed by atoms with Crippen LogP contribution < -0.4 is 10.6 Å². The predicted octanol–water partition coefficient (Wildman–Crippen LogP) is 4.29. The summed E-state index contributed by atoms with van der Waals surface area (Å²) in [5.41, 5.74) is 5.76. The molecule has 0 saturated carbocycles. The third-order valence-corrected chi connectivity index (χ3v) is 7.49. The number of likely N-dealkylation sites (tertiary alicyclic amines) is 1. The number of pyridine rings is 2. The second kappa shape index (κ2) is 9.68. The topological polar surface area (TPSA) is 106 Å². The highest BCUT2D eigenvalue weighted by atomic mass is 16.1. The molecular weight excluding hydrogens is 478 g/mol. The Morgan fingerprint density at radius 3 is 2.74 bits per heavy atom. The summed E-state index contributed by atoms with van der Waals surface area (Å²) in [6.45, 7) is 9.06. The van der Waals surface area contributed by atoms with Gasteiger partial charge >= 0.3 is 0 Å². The molecule has 38 heavy (non-hydrogen) atoms. The van der Waals surface area contributed by atoms with Crippen LogP contribution in [0.2, 0.25) is 0 Å². The van der Waals surface area contributed by atoms with Crippen molar-refractivity contribution in [1.82, 2.24) is 34.2 Å². The van der Waals surface area contributed by atoms with Crippen LogP contribution in [0.25, 0.3) is 16.7 Å².